The summed E-state index contributed by atoms with van der Waals surface area (Å²) in [5.41, 5.74) is 5.57. The van der Waals surface area contributed by atoms with E-state index in [0.717, 1.165) is 88.3 Å². The lowest BCUT2D eigenvalue weighted by Gasteiger charge is -2.56. The average Bonchev–Trinajstić information content (AvgIpc) is 3.68. The van der Waals surface area contributed by atoms with E-state index in [1.165, 1.54) is 23.3 Å². The van der Waals surface area contributed by atoms with E-state index in [4.69, 9.17) is 23.9 Å². The number of pyridine rings is 1. The van der Waals surface area contributed by atoms with E-state index in [9.17, 15) is 23.3 Å². The highest BCUT2D eigenvalue weighted by molar-refractivity contribution is 7.90. The fourth-order valence-corrected chi connectivity index (χ4v) is 12.7. The molecule has 69 heavy (non-hydrogen) atoms. The van der Waals surface area contributed by atoms with Crippen molar-refractivity contribution in [3.8, 4) is 5.88 Å². The Balaban J connectivity index is 0.878. The molecule has 1 spiro atoms. The van der Waals surface area contributed by atoms with Crippen molar-refractivity contribution in [2.75, 3.05) is 80.9 Å². The van der Waals surface area contributed by atoms with Crippen LogP contribution in [0.1, 0.15) is 78.9 Å². The van der Waals surface area contributed by atoms with E-state index in [1.54, 1.807) is 6.07 Å². The van der Waals surface area contributed by atoms with Crippen molar-refractivity contribution < 1.29 is 37.1 Å². The summed E-state index contributed by atoms with van der Waals surface area (Å²) < 4.78 is 54.5. The number of amides is 1. The first-order valence-corrected chi connectivity index (χ1v) is 26.0. The zero-order chi connectivity index (χ0) is 47.3. The van der Waals surface area contributed by atoms with Crippen molar-refractivity contribution in [3.05, 3.63) is 106 Å². The SMILES string of the molecule is Cc1ccccc1[C@@H]1COCCCN1C1CC2(CCN(c3ccc(C(=O)NS(=O)(=O)c4ccc(NCC5CCOCC5)c([N+](=O)[O-])c4)c(N4c5cc6cc[nH]c6nc5O[C@H]5COCC[C@@H]54)c3)CC2)C1. The quantitative estimate of drug-likeness (QED) is 0.0864. The van der Waals surface area contributed by atoms with Crippen LogP contribution in [0.5, 0.6) is 5.88 Å². The molecule has 0 bridgehead atoms. The predicted molar refractivity (Wildman–Crippen MR) is 261 cm³/mol. The molecule has 1 saturated carbocycles. The van der Waals surface area contributed by atoms with E-state index < -0.39 is 37.5 Å². The molecule has 3 aromatic carbocycles. The second-order valence-electron chi connectivity index (χ2n) is 19.8. The normalized spacial score (nSPS) is 23.3. The third-order valence-corrected chi connectivity index (χ3v) is 17.0. The van der Waals surface area contributed by atoms with E-state index in [1.807, 2.05) is 30.5 Å². The first kappa shape index (κ1) is 45.6. The zero-order valence-corrected chi connectivity index (χ0v) is 39.8. The minimum Gasteiger partial charge on any atom is -0.468 e. The van der Waals surface area contributed by atoms with Crippen molar-refractivity contribution >= 4 is 55.4 Å². The lowest BCUT2D eigenvalue weighted by molar-refractivity contribution is -0.384. The summed E-state index contributed by atoms with van der Waals surface area (Å²) in [6.07, 6.45) is 9.02. The Hall–Kier alpha value is -5.79. The molecule has 1 aliphatic carbocycles. The van der Waals surface area contributed by atoms with Gasteiger partial charge in [-0.25, -0.2) is 13.1 Å². The van der Waals surface area contributed by atoms with Gasteiger partial charge in [-0.1, -0.05) is 24.3 Å². The van der Waals surface area contributed by atoms with Crippen LogP contribution >= 0.6 is 0 Å². The van der Waals surface area contributed by atoms with Gasteiger partial charge in [-0.05, 0) is 123 Å². The second kappa shape index (κ2) is 18.8. The van der Waals surface area contributed by atoms with Gasteiger partial charge in [0.2, 0.25) is 5.88 Å². The first-order chi connectivity index (χ1) is 33.5. The van der Waals surface area contributed by atoms with Gasteiger partial charge in [-0.3, -0.25) is 19.8 Å². The van der Waals surface area contributed by atoms with Crippen molar-refractivity contribution in [1.82, 2.24) is 19.6 Å². The molecule has 1 amide bonds. The number of H-pyrrole nitrogens is 1. The number of piperidine rings is 1. The van der Waals surface area contributed by atoms with Crippen LogP contribution in [-0.4, -0.2) is 118 Å². The number of nitrogens with zero attached hydrogens (tertiary/aromatic N) is 5. The summed E-state index contributed by atoms with van der Waals surface area (Å²) in [6.45, 7) is 8.91. The summed E-state index contributed by atoms with van der Waals surface area (Å²) in [6, 6.07) is 22.4. The number of ether oxygens (including phenoxy) is 4. The molecule has 0 unspecified atom stereocenters. The maximum atomic E-state index is 14.7. The number of rotatable bonds is 11. The molecule has 0 radical (unpaired) electrons. The average molecular weight is 961 g/mol. The molecule has 6 aliphatic rings. The van der Waals surface area contributed by atoms with Gasteiger partial charge in [-0.2, -0.15) is 4.98 Å². The number of anilines is 4. The molecule has 7 heterocycles. The molecule has 5 fully saturated rings. The molecule has 18 heteroatoms. The number of benzene rings is 3. The highest BCUT2D eigenvalue weighted by Gasteiger charge is 2.50. The van der Waals surface area contributed by atoms with Crippen LogP contribution in [0.4, 0.5) is 28.4 Å². The summed E-state index contributed by atoms with van der Waals surface area (Å²) in [5.74, 6) is -0.222. The third-order valence-electron chi connectivity index (χ3n) is 15.6. The summed E-state index contributed by atoms with van der Waals surface area (Å²) in [4.78, 5) is 41.1. The van der Waals surface area contributed by atoms with Crippen LogP contribution in [0.3, 0.4) is 0 Å². The minimum absolute atomic E-state index is 0.124. The van der Waals surface area contributed by atoms with Crippen LogP contribution in [0.2, 0.25) is 0 Å². The van der Waals surface area contributed by atoms with Gasteiger partial charge in [0.05, 0.1) is 46.4 Å². The van der Waals surface area contributed by atoms with E-state index in [-0.39, 0.29) is 34.7 Å². The number of aromatic amines is 1. The molecular formula is C51H60N8O9S. The van der Waals surface area contributed by atoms with Gasteiger partial charge in [0, 0.05) is 82.0 Å². The first-order valence-electron chi connectivity index (χ1n) is 24.5. The number of fused-ring (bicyclic) bond motifs is 3. The molecule has 11 rings (SSSR count). The minimum atomic E-state index is -4.59. The predicted octanol–water partition coefficient (Wildman–Crippen LogP) is 7.64. The molecule has 5 aliphatic heterocycles. The number of carbonyl (C=O) groups excluding carboxylic acids is 1. The Labute approximate surface area is 402 Å². The fourth-order valence-electron chi connectivity index (χ4n) is 11.8. The zero-order valence-electron chi connectivity index (χ0n) is 38.9. The highest BCUT2D eigenvalue weighted by atomic mass is 32.2. The van der Waals surface area contributed by atoms with Gasteiger partial charge in [0.15, 0.2) is 0 Å². The standard InChI is InChI=1S/C51H60N8O9S/c1-33-5-2-3-6-39(33)46-31-66-21-4-18-57(46)37-28-51(29-37)15-19-56(20-16-51)36-7-9-40(43(26-36)58-42-14-24-67-32-47(42)68-50-45(58)25-35-11-17-52-48(35)54-50)49(60)55-69(63,64)38-8-10-41(44(27-38)59(61)62)53-30-34-12-22-65-23-13-34/h2-3,5-11,17,25-27,34,37,42,46-47,53H,4,12-16,18-24,28-32H2,1H3,(H,52,54)(H,55,60)/t42-,46-,47-/m0/s1. The van der Waals surface area contributed by atoms with Crippen molar-refractivity contribution in [3.63, 3.8) is 0 Å². The molecule has 5 aromatic rings. The van der Waals surface area contributed by atoms with Gasteiger partial charge >= 0.3 is 0 Å². The maximum Gasteiger partial charge on any atom is 0.293 e. The summed E-state index contributed by atoms with van der Waals surface area (Å²) >= 11 is 0. The van der Waals surface area contributed by atoms with Crippen LogP contribution in [0.15, 0.2) is 83.9 Å². The number of nitro groups is 1. The van der Waals surface area contributed by atoms with Crippen molar-refractivity contribution in [2.24, 2.45) is 11.3 Å². The monoisotopic (exact) mass is 960 g/mol. The highest BCUT2D eigenvalue weighted by Crippen LogP contribution is 2.53. The fraction of sp³-hybridized carbons (Fsp3) is 0.490. The molecule has 2 aromatic heterocycles. The molecule has 3 N–H and O–H groups in total. The van der Waals surface area contributed by atoms with Crippen molar-refractivity contribution in [1.29, 1.82) is 0 Å². The van der Waals surface area contributed by atoms with Crippen LogP contribution in [0, 0.1) is 28.4 Å². The van der Waals surface area contributed by atoms with Gasteiger partial charge < -0.3 is 39.0 Å². The van der Waals surface area contributed by atoms with Gasteiger partial charge in [0.1, 0.15) is 23.1 Å². The topological polar surface area (TPSA) is 194 Å². The summed E-state index contributed by atoms with van der Waals surface area (Å²) in [7, 11) is -4.59. The molecule has 4 saturated heterocycles. The largest absolute Gasteiger partial charge is 0.468 e. The van der Waals surface area contributed by atoms with Gasteiger partial charge in [0.25, 0.3) is 21.6 Å². The van der Waals surface area contributed by atoms with Gasteiger partial charge in [-0.15, -0.1) is 0 Å². The lowest BCUT2D eigenvalue weighted by Crippen LogP contribution is -2.56. The van der Waals surface area contributed by atoms with E-state index in [2.05, 4.69) is 60.9 Å². The Kier molecular flexibility index (Phi) is 12.5. The molecule has 364 valence electrons. The number of aryl methyl sites for hydroxylation is 1. The third kappa shape index (κ3) is 9.01. The van der Waals surface area contributed by atoms with Crippen LogP contribution < -0.4 is 24.6 Å². The number of nitro benzene ring substituents is 1. The molecule has 17 nitrogen and oxygen atoms in total. The Morgan fingerprint density at radius 3 is 2.52 bits per heavy atom. The lowest BCUT2D eigenvalue weighted by atomic mass is 9.59. The van der Waals surface area contributed by atoms with Crippen LogP contribution in [-0.2, 0) is 24.2 Å². The number of carbonyl (C=O) groups is 1. The second-order valence-corrected chi connectivity index (χ2v) is 21.5. The summed E-state index contributed by atoms with van der Waals surface area (Å²) in [5, 5.41) is 16.3. The number of sulfonamides is 1. The number of aromatic nitrogens is 2. The van der Waals surface area contributed by atoms with E-state index in [0.29, 0.717) is 74.9 Å². The number of hydrogen-bond donors (Lipinski definition) is 3. The van der Waals surface area contributed by atoms with Crippen molar-refractivity contribution in [2.45, 2.75) is 87.4 Å². The number of hydrogen-bond acceptors (Lipinski definition) is 14. The Bertz CT molecular complexity index is 2840. The van der Waals surface area contributed by atoms with E-state index >= 15 is 0 Å². The number of nitrogens with one attached hydrogen (secondary N) is 3. The molecule has 3 atom stereocenters. The van der Waals surface area contributed by atoms with Crippen LogP contribution in [0.25, 0.3) is 11.0 Å². The Morgan fingerprint density at radius 1 is 0.913 bits per heavy atom. The Morgan fingerprint density at radius 2 is 1.71 bits per heavy atom. The smallest absolute Gasteiger partial charge is 0.293 e. The molecular weight excluding hydrogens is 901 g/mol. The maximum absolute atomic E-state index is 14.7.